The second kappa shape index (κ2) is 8.00. The Balaban J connectivity index is 1.80. The number of nitrogens with two attached hydrogens (primary N) is 2. The minimum atomic E-state index is -2.83. The van der Waals surface area contributed by atoms with E-state index in [4.69, 9.17) is 28.1 Å². The minimum absolute atomic E-state index is 0.261. The van der Waals surface area contributed by atoms with Gasteiger partial charge in [-0.3, -0.25) is 9.11 Å². The summed E-state index contributed by atoms with van der Waals surface area (Å²) < 4.78 is 21.3. The summed E-state index contributed by atoms with van der Waals surface area (Å²) in [7, 11) is -2.83. The zero-order chi connectivity index (χ0) is 21.5. The molecule has 160 valence electrons. The summed E-state index contributed by atoms with van der Waals surface area (Å²) in [4.78, 5) is 7.57. The average Bonchev–Trinajstić information content (AvgIpc) is 2.84. The first-order valence-corrected chi connectivity index (χ1v) is 11.9. The van der Waals surface area contributed by atoms with Crippen molar-refractivity contribution in [2.75, 3.05) is 23.7 Å². The molecule has 0 spiro atoms. The number of benzene rings is 2. The molecule has 30 heavy (non-hydrogen) atoms. The van der Waals surface area contributed by atoms with Crippen molar-refractivity contribution in [1.29, 1.82) is 0 Å². The van der Waals surface area contributed by atoms with E-state index in [0.717, 1.165) is 27.8 Å². The second-order valence-electron chi connectivity index (χ2n) is 8.24. The van der Waals surface area contributed by atoms with Crippen molar-refractivity contribution in [3.63, 3.8) is 0 Å². The highest BCUT2D eigenvalue weighted by Crippen LogP contribution is 2.51. The zero-order valence-electron chi connectivity index (χ0n) is 16.9. The van der Waals surface area contributed by atoms with E-state index in [9.17, 15) is 9.11 Å². The molecular weight excluding hydrogens is 420 g/mol. The first kappa shape index (κ1) is 21.4. The van der Waals surface area contributed by atoms with Crippen LogP contribution in [0.4, 0.5) is 5.82 Å². The molecule has 0 fully saturated rings. The number of hydrogen-bond donors (Lipinski definition) is 4. The molecule has 1 atom stereocenters. The van der Waals surface area contributed by atoms with E-state index < -0.39 is 16.1 Å². The summed E-state index contributed by atoms with van der Waals surface area (Å²) in [6, 6.07) is 15.2. The van der Waals surface area contributed by atoms with Crippen molar-refractivity contribution in [2.24, 2.45) is 11.5 Å². The molecule has 1 aliphatic rings. The monoisotopic (exact) mass is 446 g/mol. The second-order valence-corrected chi connectivity index (χ2v) is 10.9. The number of aromatic nitrogens is 1. The van der Waals surface area contributed by atoms with Gasteiger partial charge in [0.2, 0.25) is 0 Å². The third kappa shape index (κ3) is 4.27. The molecule has 0 amide bonds. The van der Waals surface area contributed by atoms with Crippen LogP contribution in [0.5, 0.6) is 0 Å². The number of hydrogen-bond acceptors (Lipinski definition) is 6. The van der Waals surface area contributed by atoms with Gasteiger partial charge in [-0.2, -0.15) is 10.6 Å². The van der Waals surface area contributed by atoms with Gasteiger partial charge in [0, 0.05) is 35.6 Å². The van der Waals surface area contributed by atoms with Gasteiger partial charge >= 0.3 is 0 Å². The molecule has 0 saturated carbocycles. The summed E-state index contributed by atoms with van der Waals surface area (Å²) >= 11 is 6.25. The topological polar surface area (TPSA) is 109 Å². The number of anilines is 1. The third-order valence-electron chi connectivity index (χ3n) is 5.56. The van der Waals surface area contributed by atoms with E-state index in [1.54, 1.807) is 6.07 Å². The van der Waals surface area contributed by atoms with Gasteiger partial charge in [0.25, 0.3) is 0 Å². The van der Waals surface area contributed by atoms with Gasteiger partial charge in [0.05, 0.1) is 16.2 Å². The Kier molecular flexibility index (Phi) is 5.69. The van der Waals surface area contributed by atoms with E-state index in [-0.39, 0.29) is 5.75 Å². The number of pyridine rings is 1. The fourth-order valence-corrected chi connectivity index (χ4v) is 5.56. The van der Waals surface area contributed by atoms with Crippen LogP contribution in [-0.2, 0) is 13.0 Å². The molecule has 2 aromatic carbocycles. The summed E-state index contributed by atoms with van der Waals surface area (Å²) in [5, 5.41) is 1.60. The molecule has 0 saturated heterocycles. The molecule has 1 aromatic heterocycles. The van der Waals surface area contributed by atoms with Crippen LogP contribution in [0.15, 0.2) is 53.4 Å². The van der Waals surface area contributed by atoms with Crippen LogP contribution in [0.2, 0.25) is 5.02 Å². The van der Waals surface area contributed by atoms with E-state index in [1.807, 2.05) is 49.4 Å². The highest BCUT2D eigenvalue weighted by molar-refractivity contribution is 8.24. The largest absolute Gasteiger partial charge is 0.351 e. The van der Waals surface area contributed by atoms with Crippen molar-refractivity contribution in [3.05, 3.63) is 64.7 Å². The number of fused-ring (bicyclic) bond motifs is 2. The molecule has 2 heterocycles. The van der Waals surface area contributed by atoms with E-state index in [2.05, 4.69) is 4.90 Å². The Morgan fingerprint density at radius 3 is 2.73 bits per heavy atom. The third-order valence-corrected chi connectivity index (χ3v) is 7.65. The van der Waals surface area contributed by atoms with Gasteiger partial charge in [0.15, 0.2) is 0 Å². The number of nitrogens with zero attached hydrogens (tertiary/aromatic N) is 2. The molecular formula is C22H27ClN4O2S. The predicted molar refractivity (Wildman–Crippen MR) is 126 cm³/mol. The van der Waals surface area contributed by atoms with Crippen LogP contribution in [-0.4, -0.2) is 38.5 Å². The lowest BCUT2D eigenvalue weighted by molar-refractivity contribution is 0.479. The molecule has 0 bridgehead atoms. The van der Waals surface area contributed by atoms with Crippen LogP contribution in [0, 0.1) is 0 Å². The molecule has 1 unspecified atom stereocenters. The maximum absolute atomic E-state index is 10.7. The SMILES string of the molecule is CC(N)(CN)Cc1cc(N2CCS(O)(O)c3ccccc3C2)nc2ccc(Cl)cc12. The van der Waals surface area contributed by atoms with Gasteiger partial charge in [-0.25, -0.2) is 4.98 Å². The fourth-order valence-electron chi connectivity index (χ4n) is 3.85. The van der Waals surface area contributed by atoms with Crippen molar-refractivity contribution < 1.29 is 9.11 Å². The van der Waals surface area contributed by atoms with Gasteiger partial charge in [-0.05, 0) is 54.8 Å². The molecule has 6 nitrogen and oxygen atoms in total. The van der Waals surface area contributed by atoms with Crippen LogP contribution in [0.25, 0.3) is 10.9 Å². The fraction of sp³-hybridized carbons (Fsp3) is 0.318. The summed E-state index contributed by atoms with van der Waals surface area (Å²) in [6.07, 6.45) is 0.579. The quantitative estimate of drug-likeness (QED) is 0.477. The summed E-state index contributed by atoms with van der Waals surface area (Å²) in [5.41, 5.74) is 14.4. The first-order chi connectivity index (χ1) is 14.2. The smallest absolute Gasteiger partial charge is 0.129 e. The van der Waals surface area contributed by atoms with E-state index >= 15 is 0 Å². The van der Waals surface area contributed by atoms with Crippen molar-refractivity contribution in [2.45, 2.75) is 30.3 Å². The molecule has 0 radical (unpaired) electrons. The van der Waals surface area contributed by atoms with Crippen LogP contribution < -0.4 is 16.4 Å². The molecule has 8 heteroatoms. The van der Waals surface area contributed by atoms with Gasteiger partial charge in [-0.1, -0.05) is 29.8 Å². The highest BCUT2D eigenvalue weighted by atomic mass is 35.5. The Labute approximate surface area is 183 Å². The molecule has 0 aliphatic carbocycles. The lowest BCUT2D eigenvalue weighted by Crippen LogP contribution is -2.45. The predicted octanol–water partition coefficient (Wildman–Crippen LogP) is 4.24. The average molecular weight is 447 g/mol. The van der Waals surface area contributed by atoms with Gasteiger partial charge in [-0.15, -0.1) is 0 Å². The maximum atomic E-state index is 10.7. The zero-order valence-corrected chi connectivity index (χ0v) is 18.5. The molecule has 4 rings (SSSR count). The highest BCUT2D eigenvalue weighted by Gasteiger charge is 2.27. The Morgan fingerprint density at radius 1 is 1.20 bits per heavy atom. The minimum Gasteiger partial charge on any atom is -0.351 e. The number of halogens is 1. The van der Waals surface area contributed by atoms with Crippen LogP contribution >= 0.6 is 22.2 Å². The van der Waals surface area contributed by atoms with Crippen LogP contribution in [0.3, 0.4) is 0 Å². The first-order valence-electron chi connectivity index (χ1n) is 9.85. The standard InChI is InChI=1S/C22H27ClN4O2S/c1-22(25,14-24)12-16-10-21(26-19-7-6-17(23)11-18(16)19)27-8-9-30(28,29)20-5-3-2-4-15(20)13-27/h2-7,10-11,28-29H,8-9,12-14,24-25H2,1H3. The Morgan fingerprint density at radius 2 is 1.97 bits per heavy atom. The summed E-state index contributed by atoms with van der Waals surface area (Å²) in [6.45, 7) is 3.32. The Bertz CT molecular complexity index is 1090. The maximum Gasteiger partial charge on any atom is 0.129 e. The normalized spacial score (nSPS) is 19.1. The van der Waals surface area contributed by atoms with Gasteiger partial charge in [0.1, 0.15) is 5.82 Å². The Hall–Kier alpha value is -1.87. The summed E-state index contributed by atoms with van der Waals surface area (Å²) in [5.74, 6) is 1.04. The van der Waals surface area contributed by atoms with E-state index in [0.29, 0.717) is 36.0 Å². The van der Waals surface area contributed by atoms with Crippen molar-refractivity contribution in [1.82, 2.24) is 4.98 Å². The van der Waals surface area contributed by atoms with E-state index in [1.165, 1.54) is 0 Å². The van der Waals surface area contributed by atoms with Crippen molar-refractivity contribution in [3.8, 4) is 0 Å². The molecule has 3 aromatic rings. The lowest BCUT2D eigenvalue weighted by atomic mass is 9.92. The van der Waals surface area contributed by atoms with Crippen LogP contribution in [0.1, 0.15) is 18.1 Å². The van der Waals surface area contributed by atoms with Crippen molar-refractivity contribution >= 4 is 38.9 Å². The number of rotatable bonds is 4. The lowest BCUT2D eigenvalue weighted by Gasteiger charge is -2.32. The molecule has 6 N–H and O–H groups in total. The van der Waals surface area contributed by atoms with Gasteiger partial charge < -0.3 is 16.4 Å². The molecule has 1 aliphatic heterocycles.